The average Bonchev–Trinajstić information content (AvgIpc) is 3.32. The van der Waals surface area contributed by atoms with Gasteiger partial charge in [-0.05, 0) is 42.2 Å². The lowest BCUT2D eigenvalue weighted by Crippen LogP contribution is -2.41. The molecule has 2 fully saturated rings. The minimum absolute atomic E-state index is 0.0868. The van der Waals surface area contributed by atoms with E-state index in [9.17, 15) is 14.7 Å². The van der Waals surface area contributed by atoms with E-state index >= 15 is 0 Å². The van der Waals surface area contributed by atoms with E-state index in [0.717, 1.165) is 32.4 Å². The van der Waals surface area contributed by atoms with Gasteiger partial charge in [0.2, 0.25) is 5.91 Å². The zero-order chi connectivity index (χ0) is 16.7. The van der Waals surface area contributed by atoms with Gasteiger partial charge in [0.25, 0.3) is 0 Å². The summed E-state index contributed by atoms with van der Waals surface area (Å²) in [6, 6.07) is 8.40. The summed E-state index contributed by atoms with van der Waals surface area (Å²) in [7, 11) is 0. The van der Waals surface area contributed by atoms with Crippen LogP contribution in [0.1, 0.15) is 24.0 Å². The number of aliphatic carboxylic acids is 1. The molecule has 2 heterocycles. The summed E-state index contributed by atoms with van der Waals surface area (Å²) in [4.78, 5) is 28.1. The first-order valence-corrected chi connectivity index (χ1v) is 8.91. The van der Waals surface area contributed by atoms with Gasteiger partial charge in [-0.15, -0.1) is 0 Å². The zero-order valence-corrected chi connectivity index (χ0v) is 13.9. The number of hydrogen-bond acceptors (Lipinski definition) is 3. The summed E-state index contributed by atoms with van der Waals surface area (Å²) in [6.45, 7) is 3.12. The van der Waals surface area contributed by atoms with Gasteiger partial charge in [-0.2, -0.15) is 0 Å². The van der Waals surface area contributed by atoms with Gasteiger partial charge >= 0.3 is 5.97 Å². The van der Waals surface area contributed by atoms with Crippen LogP contribution in [0.2, 0.25) is 0 Å². The molecule has 1 aromatic rings. The van der Waals surface area contributed by atoms with Crippen LogP contribution in [0.4, 0.5) is 0 Å². The van der Waals surface area contributed by atoms with Crippen LogP contribution in [0.15, 0.2) is 24.3 Å². The lowest BCUT2D eigenvalue weighted by atomic mass is 9.92. The summed E-state index contributed by atoms with van der Waals surface area (Å²) >= 11 is 0. The van der Waals surface area contributed by atoms with Crippen LogP contribution in [0.3, 0.4) is 0 Å². The monoisotopic (exact) mass is 328 g/mol. The largest absolute Gasteiger partial charge is 0.481 e. The predicted molar refractivity (Wildman–Crippen MR) is 89.3 cm³/mol. The number of hydrogen-bond donors (Lipinski definition) is 1. The van der Waals surface area contributed by atoms with Gasteiger partial charge < -0.3 is 10.0 Å². The van der Waals surface area contributed by atoms with E-state index in [1.54, 1.807) is 4.90 Å². The van der Waals surface area contributed by atoms with Gasteiger partial charge in [-0.1, -0.05) is 24.3 Å². The Bertz CT molecular complexity index is 656. The normalized spacial score (nSPS) is 27.1. The third-order valence-corrected chi connectivity index (χ3v) is 5.83. The second kappa shape index (κ2) is 6.20. The molecule has 1 amide bonds. The Kier molecular flexibility index (Phi) is 4.04. The number of nitrogens with zero attached hydrogens (tertiary/aromatic N) is 2. The second-order valence-corrected chi connectivity index (χ2v) is 7.47. The van der Waals surface area contributed by atoms with Crippen molar-refractivity contribution in [2.24, 2.45) is 17.8 Å². The van der Waals surface area contributed by atoms with Gasteiger partial charge in [0.15, 0.2) is 0 Å². The fourth-order valence-electron chi connectivity index (χ4n) is 4.28. The molecule has 5 nitrogen and oxygen atoms in total. The second-order valence-electron chi connectivity index (χ2n) is 7.47. The molecule has 0 radical (unpaired) electrons. The standard InChI is InChI=1S/C19H24N2O3/c22-18(12-20-8-7-13-3-1-2-4-15(13)9-20)21-10-16(14-5-6-14)17(11-21)19(23)24/h1-4,14,16-17H,5-12H2,(H,23,24)/t16-,17+/m0/s1. The van der Waals surface area contributed by atoms with E-state index in [2.05, 4.69) is 23.1 Å². The fourth-order valence-corrected chi connectivity index (χ4v) is 4.28. The number of amides is 1. The number of carboxylic acids is 1. The highest BCUT2D eigenvalue weighted by atomic mass is 16.4. The Morgan fingerprint density at radius 2 is 1.88 bits per heavy atom. The van der Waals surface area contributed by atoms with Gasteiger partial charge in [0, 0.05) is 26.2 Å². The zero-order valence-electron chi connectivity index (χ0n) is 13.9. The van der Waals surface area contributed by atoms with E-state index < -0.39 is 5.97 Å². The highest BCUT2D eigenvalue weighted by molar-refractivity contribution is 5.80. The fraction of sp³-hybridized carbons (Fsp3) is 0.579. The minimum Gasteiger partial charge on any atom is -0.481 e. The Balaban J connectivity index is 1.38. The molecule has 24 heavy (non-hydrogen) atoms. The lowest BCUT2D eigenvalue weighted by molar-refractivity contribution is -0.142. The maximum Gasteiger partial charge on any atom is 0.308 e. The smallest absolute Gasteiger partial charge is 0.308 e. The summed E-state index contributed by atoms with van der Waals surface area (Å²) in [5.74, 6) is -0.347. The van der Waals surface area contributed by atoms with Crippen molar-refractivity contribution >= 4 is 11.9 Å². The van der Waals surface area contributed by atoms with E-state index in [4.69, 9.17) is 0 Å². The molecule has 1 aliphatic carbocycles. The number of benzene rings is 1. The number of carbonyl (C=O) groups is 2. The Labute approximate surface area is 142 Å². The quantitative estimate of drug-likeness (QED) is 0.912. The van der Waals surface area contributed by atoms with Crippen LogP contribution in [-0.2, 0) is 22.6 Å². The van der Waals surface area contributed by atoms with Gasteiger partial charge in [-0.25, -0.2) is 0 Å². The van der Waals surface area contributed by atoms with Gasteiger partial charge in [-0.3, -0.25) is 14.5 Å². The van der Waals surface area contributed by atoms with E-state index in [-0.39, 0.29) is 17.7 Å². The number of fused-ring (bicyclic) bond motifs is 1. The molecule has 2 aliphatic heterocycles. The van der Waals surface area contributed by atoms with Crippen LogP contribution in [-0.4, -0.2) is 53.0 Å². The summed E-state index contributed by atoms with van der Waals surface area (Å²) in [6.07, 6.45) is 3.23. The van der Waals surface area contributed by atoms with Crippen molar-refractivity contribution in [2.45, 2.75) is 25.8 Å². The molecule has 2 atom stereocenters. The van der Waals surface area contributed by atoms with Gasteiger partial charge in [0.1, 0.15) is 0 Å². The van der Waals surface area contributed by atoms with E-state index in [1.165, 1.54) is 11.1 Å². The number of likely N-dealkylation sites (tertiary alicyclic amines) is 1. The van der Waals surface area contributed by atoms with Crippen molar-refractivity contribution in [3.63, 3.8) is 0 Å². The minimum atomic E-state index is -0.742. The first-order valence-electron chi connectivity index (χ1n) is 8.91. The van der Waals surface area contributed by atoms with Crippen LogP contribution >= 0.6 is 0 Å². The molecule has 1 saturated carbocycles. The molecule has 1 aromatic carbocycles. The maximum atomic E-state index is 12.7. The molecule has 1 saturated heterocycles. The Morgan fingerprint density at radius 1 is 1.12 bits per heavy atom. The van der Waals surface area contributed by atoms with E-state index in [0.29, 0.717) is 25.6 Å². The molecule has 0 unspecified atom stereocenters. The highest BCUT2D eigenvalue weighted by Gasteiger charge is 2.46. The molecule has 1 N–H and O–H groups in total. The topological polar surface area (TPSA) is 60.9 Å². The molecule has 4 rings (SSSR count). The van der Waals surface area contributed by atoms with Crippen molar-refractivity contribution in [3.05, 3.63) is 35.4 Å². The number of carboxylic acid groups (broad SMARTS) is 1. The molecular weight excluding hydrogens is 304 g/mol. The Hall–Kier alpha value is -1.88. The highest BCUT2D eigenvalue weighted by Crippen LogP contribution is 2.44. The summed E-state index contributed by atoms with van der Waals surface area (Å²) in [5.41, 5.74) is 2.68. The first-order chi connectivity index (χ1) is 11.6. The van der Waals surface area contributed by atoms with Crippen LogP contribution in [0.5, 0.6) is 0 Å². The van der Waals surface area contributed by atoms with Crippen molar-refractivity contribution < 1.29 is 14.7 Å². The molecule has 3 aliphatic rings. The predicted octanol–water partition coefficient (Wildman–Crippen LogP) is 1.61. The van der Waals surface area contributed by atoms with Crippen molar-refractivity contribution in [2.75, 3.05) is 26.2 Å². The molecule has 0 spiro atoms. The maximum absolute atomic E-state index is 12.7. The third kappa shape index (κ3) is 3.05. The molecule has 128 valence electrons. The van der Waals surface area contributed by atoms with Crippen LogP contribution in [0.25, 0.3) is 0 Å². The van der Waals surface area contributed by atoms with Crippen molar-refractivity contribution in [1.29, 1.82) is 0 Å². The Morgan fingerprint density at radius 3 is 2.58 bits per heavy atom. The van der Waals surface area contributed by atoms with Crippen molar-refractivity contribution in [3.8, 4) is 0 Å². The molecule has 0 aromatic heterocycles. The average molecular weight is 328 g/mol. The lowest BCUT2D eigenvalue weighted by Gasteiger charge is -2.29. The summed E-state index contributed by atoms with van der Waals surface area (Å²) < 4.78 is 0. The van der Waals surface area contributed by atoms with E-state index in [1.807, 2.05) is 6.07 Å². The molecular formula is C19H24N2O3. The van der Waals surface area contributed by atoms with Crippen LogP contribution in [0, 0.1) is 17.8 Å². The van der Waals surface area contributed by atoms with Gasteiger partial charge in [0.05, 0.1) is 12.5 Å². The SMILES string of the molecule is O=C(O)[C@@H]1CN(C(=O)CN2CCc3ccccc3C2)C[C@H]1C1CC1. The molecule has 5 heteroatoms. The number of carbonyl (C=O) groups excluding carboxylic acids is 1. The summed E-state index contributed by atoms with van der Waals surface area (Å²) in [5, 5.41) is 9.44. The number of rotatable bonds is 4. The first kappa shape index (κ1) is 15.6. The molecule has 0 bridgehead atoms. The van der Waals surface area contributed by atoms with Crippen LogP contribution < -0.4 is 0 Å². The van der Waals surface area contributed by atoms with Crippen molar-refractivity contribution in [1.82, 2.24) is 9.80 Å². The third-order valence-electron chi connectivity index (χ3n) is 5.83.